The lowest BCUT2D eigenvalue weighted by Gasteiger charge is -2.10. The minimum atomic E-state index is -0.337. The van der Waals surface area contributed by atoms with Crippen molar-refractivity contribution in [3.05, 3.63) is 111 Å². The molecule has 0 fully saturated rings. The predicted octanol–water partition coefficient (Wildman–Crippen LogP) is 3.74. The summed E-state index contributed by atoms with van der Waals surface area (Å²) in [4.78, 5) is 31.1. The van der Waals surface area contributed by atoms with Crippen molar-refractivity contribution in [1.82, 2.24) is 19.4 Å². The molecule has 2 aromatic heterocycles. The lowest BCUT2D eigenvalue weighted by molar-refractivity contribution is 0.415. The van der Waals surface area contributed by atoms with Crippen molar-refractivity contribution in [3.63, 3.8) is 0 Å². The van der Waals surface area contributed by atoms with Crippen LogP contribution in [0.15, 0.2) is 93.6 Å². The van der Waals surface area contributed by atoms with E-state index >= 15 is 0 Å². The van der Waals surface area contributed by atoms with Gasteiger partial charge in [0.25, 0.3) is 11.1 Å². The molecule has 0 aliphatic carbocycles. The van der Waals surface area contributed by atoms with Crippen LogP contribution in [0.2, 0.25) is 0 Å². The van der Waals surface area contributed by atoms with E-state index in [0.717, 1.165) is 0 Å². The number of fused-ring (bicyclic) bond motifs is 1. The zero-order valence-corrected chi connectivity index (χ0v) is 18.6. The smallest absolute Gasteiger partial charge is 0.282 e. The van der Waals surface area contributed by atoms with E-state index in [4.69, 9.17) is 9.72 Å². The molecule has 0 bridgehead atoms. The molecule has 3 aromatic carbocycles. The van der Waals surface area contributed by atoms with E-state index < -0.39 is 0 Å². The average molecular weight is 451 g/mol. The summed E-state index contributed by atoms with van der Waals surface area (Å²) < 4.78 is 8.00. The van der Waals surface area contributed by atoms with Crippen LogP contribution in [0.25, 0.3) is 28.0 Å². The number of H-pyrrole nitrogens is 1. The van der Waals surface area contributed by atoms with Crippen molar-refractivity contribution < 1.29 is 4.74 Å². The van der Waals surface area contributed by atoms with E-state index in [2.05, 4.69) is 10.2 Å². The van der Waals surface area contributed by atoms with Gasteiger partial charge in [-0.05, 0) is 43.3 Å². The van der Waals surface area contributed by atoms with Gasteiger partial charge in [-0.1, -0.05) is 42.5 Å². The van der Waals surface area contributed by atoms with Gasteiger partial charge in [0.2, 0.25) is 0 Å². The molecule has 0 saturated heterocycles. The van der Waals surface area contributed by atoms with Gasteiger partial charge in [-0.15, -0.1) is 0 Å². The summed E-state index contributed by atoms with van der Waals surface area (Å²) in [5.41, 5.74) is 2.29. The summed E-state index contributed by atoms with van der Waals surface area (Å²) in [5, 5.41) is 7.92. The fourth-order valence-corrected chi connectivity index (χ4v) is 3.77. The molecule has 1 N–H and O–H groups in total. The Kier molecular flexibility index (Phi) is 5.39. The Morgan fingerprint density at radius 1 is 0.941 bits per heavy atom. The van der Waals surface area contributed by atoms with Gasteiger partial charge in [-0.3, -0.25) is 14.7 Å². The highest BCUT2D eigenvalue weighted by Crippen LogP contribution is 2.23. The molecule has 0 amide bonds. The molecular weight excluding hydrogens is 430 g/mol. The molecule has 0 saturated carbocycles. The second-order valence-corrected chi connectivity index (χ2v) is 7.67. The highest BCUT2D eigenvalue weighted by molar-refractivity contribution is 5.82. The number of rotatable bonds is 5. The predicted molar refractivity (Wildman–Crippen MR) is 132 cm³/mol. The van der Waals surface area contributed by atoms with E-state index in [1.807, 2.05) is 54.6 Å². The van der Waals surface area contributed by atoms with Crippen LogP contribution in [0.5, 0.6) is 5.75 Å². The number of aromatic nitrogens is 4. The summed E-state index contributed by atoms with van der Waals surface area (Å²) in [6.07, 6.45) is 1.40. The van der Waals surface area contributed by atoms with Crippen LogP contribution >= 0.6 is 0 Å². The van der Waals surface area contributed by atoms with Crippen LogP contribution < -0.4 is 15.9 Å². The number of hydrogen-bond acceptors (Lipinski definition) is 5. The standard InChI is InChI=1S/C26H21N5O3/c1-17-22(26(33)30(29-17)19-10-4-3-5-11-19)16-27-31-24(18-9-8-12-20(15-18)34-2)28-23-14-7-6-13-21(23)25(31)32/h3-16,29H,1-2H3. The number of aromatic amines is 1. The van der Waals surface area contributed by atoms with Gasteiger partial charge in [-0.25, -0.2) is 9.67 Å². The lowest BCUT2D eigenvalue weighted by atomic mass is 10.2. The zero-order valence-electron chi connectivity index (χ0n) is 18.6. The first kappa shape index (κ1) is 21.1. The van der Waals surface area contributed by atoms with Crippen molar-refractivity contribution in [3.8, 4) is 22.8 Å². The fourth-order valence-electron chi connectivity index (χ4n) is 3.77. The van der Waals surface area contributed by atoms with E-state index in [1.165, 1.54) is 15.6 Å². The van der Waals surface area contributed by atoms with E-state index in [1.54, 1.807) is 38.3 Å². The topological polar surface area (TPSA) is 94.3 Å². The van der Waals surface area contributed by atoms with Crippen LogP contribution in [0.1, 0.15) is 11.3 Å². The number of nitrogens with one attached hydrogen (secondary N) is 1. The van der Waals surface area contributed by atoms with E-state index in [-0.39, 0.29) is 11.1 Å². The van der Waals surface area contributed by atoms with Crippen LogP contribution in [0.4, 0.5) is 0 Å². The van der Waals surface area contributed by atoms with Gasteiger partial charge < -0.3 is 4.74 Å². The third-order valence-electron chi connectivity index (χ3n) is 5.52. The minimum Gasteiger partial charge on any atom is -0.497 e. The minimum absolute atomic E-state index is 0.267. The molecule has 2 heterocycles. The van der Waals surface area contributed by atoms with E-state index in [9.17, 15) is 9.59 Å². The quantitative estimate of drug-likeness (QED) is 0.412. The molecule has 5 rings (SSSR count). The molecule has 0 radical (unpaired) electrons. The number of hydrogen-bond donors (Lipinski definition) is 1. The Labute approximate surface area is 194 Å². The molecule has 168 valence electrons. The van der Waals surface area contributed by atoms with Crippen molar-refractivity contribution in [1.29, 1.82) is 0 Å². The Bertz CT molecular complexity index is 1650. The highest BCUT2D eigenvalue weighted by atomic mass is 16.5. The van der Waals surface area contributed by atoms with Gasteiger partial charge in [0.15, 0.2) is 5.82 Å². The molecule has 34 heavy (non-hydrogen) atoms. The first-order valence-electron chi connectivity index (χ1n) is 10.6. The molecule has 0 aliphatic heterocycles. The molecule has 0 unspecified atom stereocenters. The molecular formula is C26H21N5O3. The van der Waals surface area contributed by atoms with Crippen molar-refractivity contribution in [2.24, 2.45) is 5.10 Å². The number of aryl methyl sites for hydroxylation is 1. The molecule has 0 atom stereocenters. The molecule has 0 aliphatic rings. The van der Waals surface area contributed by atoms with Gasteiger partial charge in [-0.2, -0.15) is 9.78 Å². The van der Waals surface area contributed by atoms with Gasteiger partial charge >= 0.3 is 0 Å². The number of nitrogens with zero attached hydrogens (tertiary/aromatic N) is 4. The van der Waals surface area contributed by atoms with Gasteiger partial charge in [0.05, 0.1) is 35.5 Å². The third-order valence-corrected chi connectivity index (χ3v) is 5.52. The van der Waals surface area contributed by atoms with Crippen molar-refractivity contribution in [2.45, 2.75) is 6.92 Å². The van der Waals surface area contributed by atoms with Crippen molar-refractivity contribution >= 4 is 17.1 Å². The Morgan fingerprint density at radius 3 is 2.50 bits per heavy atom. The first-order chi connectivity index (χ1) is 16.6. The Morgan fingerprint density at radius 2 is 1.71 bits per heavy atom. The highest BCUT2D eigenvalue weighted by Gasteiger charge is 2.15. The summed E-state index contributed by atoms with van der Waals surface area (Å²) in [6, 6.07) is 23.6. The summed E-state index contributed by atoms with van der Waals surface area (Å²) >= 11 is 0. The largest absolute Gasteiger partial charge is 0.497 e. The van der Waals surface area contributed by atoms with E-state index in [0.29, 0.717) is 45.0 Å². The molecule has 5 aromatic rings. The Balaban J connectivity index is 1.69. The number of benzene rings is 3. The summed E-state index contributed by atoms with van der Waals surface area (Å²) in [5.74, 6) is 0.970. The second kappa shape index (κ2) is 8.67. The second-order valence-electron chi connectivity index (χ2n) is 7.67. The van der Waals surface area contributed by atoms with Gasteiger partial charge in [0.1, 0.15) is 5.75 Å². The van der Waals surface area contributed by atoms with Crippen LogP contribution in [-0.4, -0.2) is 32.8 Å². The lowest BCUT2D eigenvalue weighted by Crippen LogP contribution is -2.21. The molecule has 0 spiro atoms. The number of ether oxygens (including phenoxy) is 1. The maximum Gasteiger partial charge on any atom is 0.282 e. The fraction of sp³-hybridized carbons (Fsp3) is 0.0769. The van der Waals surface area contributed by atoms with Gasteiger partial charge in [0, 0.05) is 11.3 Å². The monoisotopic (exact) mass is 451 g/mol. The number of para-hydroxylation sites is 2. The summed E-state index contributed by atoms with van der Waals surface area (Å²) in [7, 11) is 1.57. The Hall–Kier alpha value is -4.72. The first-order valence-corrected chi connectivity index (χ1v) is 10.6. The van der Waals surface area contributed by atoms with Crippen molar-refractivity contribution in [2.75, 3.05) is 7.11 Å². The van der Waals surface area contributed by atoms with Crippen LogP contribution in [0.3, 0.4) is 0 Å². The van der Waals surface area contributed by atoms with Crippen LogP contribution in [0, 0.1) is 6.92 Å². The third kappa shape index (κ3) is 3.71. The average Bonchev–Trinajstić information content (AvgIpc) is 3.17. The maximum absolute atomic E-state index is 13.4. The normalized spacial score (nSPS) is 11.4. The maximum atomic E-state index is 13.4. The zero-order chi connectivity index (χ0) is 23.7. The number of methoxy groups -OCH3 is 1. The molecule has 8 nitrogen and oxygen atoms in total. The SMILES string of the molecule is COc1cccc(-c2nc3ccccc3c(=O)n2N=Cc2c(C)[nH]n(-c3ccccc3)c2=O)c1. The van der Waals surface area contributed by atoms with Crippen LogP contribution in [-0.2, 0) is 0 Å². The molecule has 8 heteroatoms. The summed E-state index contributed by atoms with van der Waals surface area (Å²) in [6.45, 7) is 1.78.